The first-order valence-electron chi connectivity index (χ1n) is 7.49. The van der Waals surface area contributed by atoms with Crippen LogP contribution in [0, 0.1) is 13.8 Å². The van der Waals surface area contributed by atoms with E-state index in [-0.39, 0.29) is 5.91 Å². The highest BCUT2D eigenvalue weighted by Crippen LogP contribution is 2.29. The van der Waals surface area contributed by atoms with Gasteiger partial charge in [0, 0.05) is 17.6 Å². The van der Waals surface area contributed by atoms with Crippen molar-refractivity contribution < 1.29 is 9.53 Å². The van der Waals surface area contributed by atoms with Crippen molar-refractivity contribution in [3.8, 4) is 5.75 Å². The summed E-state index contributed by atoms with van der Waals surface area (Å²) in [6.45, 7) is 5.80. The normalized spacial score (nSPS) is 10.8. The van der Waals surface area contributed by atoms with Crippen molar-refractivity contribution in [2.45, 2.75) is 27.4 Å². The number of rotatable bonds is 4. The number of anilines is 1. The Kier molecular flexibility index (Phi) is 4.73. The Bertz CT molecular complexity index is 882. The number of amides is 1. The zero-order valence-electron chi connectivity index (χ0n) is 13.6. The number of hydrogen-bond acceptors (Lipinski definition) is 4. The molecule has 0 aliphatic rings. The van der Waals surface area contributed by atoms with Gasteiger partial charge in [0.15, 0.2) is 0 Å². The molecule has 0 bridgehead atoms. The van der Waals surface area contributed by atoms with E-state index in [9.17, 15) is 4.79 Å². The maximum Gasteiger partial charge on any atom is 0.221 e. The molecule has 2 aromatic carbocycles. The van der Waals surface area contributed by atoms with Crippen LogP contribution >= 0.6 is 22.9 Å². The minimum atomic E-state index is -0.0878. The largest absolute Gasteiger partial charge is 0.486 e. The Hall–Kier alpha value is -2.11. The second kappa shape index (κ2) is 6.79. The Labute approximate surface area is 149 Å². The van der Waals surface area contributed by atoms with Crippen LogP contribution in [0.1, 0.15) is 23.1 Å². The molecule has 3 aromatic rings. The van der Waals surface area contributed by atoms with Crippen molar-refractivity contribution in [3.63, 3.8) is 0 Å². The Morgan fingerprint density at radius 1 is 1.25 bits per heavy atom. The van der Waals surface area contributed by atoms with E-state index in [1.165, 1.54) is 6.92 Å². The fourth-order valence-corrected chi connectivity index (χ4v) is 3.48. The number of aromatic nitrogens is 1. The zero-order valence-corrected chi connectivity index (χ0v) is 15.2. The third-order valence-electron chi connectivity index (χ3n) is 3.58. The van der Waals surface area contributed by atoms with E-state index in [0.717, 1.165) is 42.8 Å². The first kappa shape index (κ1) is 16.7. The number of nitrogens with one attached hydrogen (secondary N) is 1. The molecule has 0 aliphatic carbocycles. The summed E-state index contributed by atoms with van der Waals surface area (Å²) in [4.78, 5) is 15.7. The second-order valence-electron chi connectivity index (χ2n) is 5.62. The molecule has 1 N–H and O–H groups in total. The lowest BCUT2D eigenvalue weighted by Crippen LogP contribution is -2.07. The number of ether oxygens (including phenoxy) is 1. The van der Waals surface area contributed by atoms with Gasteiger partial charge in [-0.2, -0.15) is 0 Å². The average Bonchev–Trinajstić information content (AvgIpc) is 2.89. The molecule has 3 rings (SSSR count). The summed E-state index contributed by atoms with van der Waals surface area (Å²) in [5.74, 6) is 0.658. The van der Waals surface area contributed by atoms with Gasteiger partial charge in [-0.15, -0.1) is 11.3 Å². The molecule has 1 amide bonds. The van der Waals surface area contributed by atoms with Gasteiger partial charge in [-0.1, -0.05) is 11.6 Å². The lowest BCUT2D eigenvalue weighted by molar-refractivity contribution is -0.114. The van der Waals surface area contributed by atoms with Gasteiger partial charge in [0.2, 0.25) is 5.91 Å². The number of carbonyl (C=O) groups excluding carboxylic acids is 1. The van der Waals surface area contributed by atoms with Crippen LogP contribution in [0.5, 0.6) is 5.75 Å². The first-order chi connectivity index (χ1) is 11.4. The summed E-state index contributed by atoms with van der Waals surface area (Å²) in [7, 11) is 0. The van der Waals surface area contributed by atoms with Gasteiger partial charge in [0.25, 0.3) is 0 Å². The molecule has 24 heavy (non-hydrogen) atoms. The van der Waals surface area contributed by atoms with Crippen LogP contribution in [0.25, 0.3) is 10.2 Å². The minimum absolute atomic E-state index is 0.0878. The molecular weight excluding hydrogens is 344 g/mol. The number of benzene rings is 2. The molecule has 4 nitrogen and oxygen atoms in total. The fraction of sp³-hybridized carbons (Fsp3) is 0.222. The van der Waals surface area contributed by atoms with Gasteiger partial charge in [0.1, 0.15) is 17.4 Å². The third kappa shape index (κ3) is 3.68. The number of aryl methyl sites for hydroxylation is 2. The van der Waals surface area contributed by atoms with Crippen molar-refractivity contribution in [1.82, 2.24) is 4.98 Å². The number of fused-ring (bicyclic) bond motifs is 1. The van der Waals surface area contributed by atoms with Crippen molar-refractivity contribution in [2.24, 2.45) is 0 Å². The quantitative estimate of drug-likeness (QED) is 0.703. The number of thiazole rings is 1. The smallest absolute Gasteiger partial charge is 0.221 e. The van der Waals surface area contributed by atoms with Crippen LogP contribution < -0.4 is 10.1 Å². The van der Waals surface area contributed by atoms with Crippen molar-refractivity contribution in [1.29, 1.82) is 0 Å². The van der Waals surface area contributed by atoms with Gasteiger partial charge in [-0.3, -0.25) is 4.79 Å². The maximum absolute atomic E-state index is 11.1. The molecular formula is C18H17ClN2O2S. The van der Waals surface area contributed by atoms with E-state index >= 15 is 0 Å². The van der Waals surface area contributed by atoms with E-state index in [4.69, 9.17) is 16.3 Å². The summed E-state index contributed by atoms with van der Waals surface area (Å²) in [5, 5.41) is 4.41. The predicted octanol–water partition coefficient (Wildman–Crippen LogP) is 5.10. The van der Waals surface area contributed by atoms with Crippen LogP contribution in [0.15, 0.2) is 30.3 Å². The molecule has 6 heteroatoms. The molecule has 1 heterocycles. The Morgan fingerprint density at radius 2 is 2.04 bits per heavy atom. The van der Waals surface area contributed by atoms with Crippen molar-refractivity contribution >= 4 is 44.7 Å². The molecule has 0 spiro atoms. The Morgan fingerprint density at radius 3 is 2.75 bits per heavy atom. The predicted molar refractivity (Wildman–Crippen MR) is 99.2 cm³/mol. The van der Waals surface area contributed by atoms with E-state index < -0.39 is 0 Å². The average molecular weight is 361 g/mol. The lowest BCUT2D eigenvalue weighted by Gasteiger charge is -2.09. The van der Waals surface area contributed by atoms with E-state index in [0.29, 0.717) is 6.61 Å². The zero-order chi connectivity index (χ0) is 17.3. The monoisotopic (exact) mass is 360 g/mol. The summed E-state index contributed by atoms with van der Waals surface area (Å²) in [5.41, 5.74) is 3.69. The minimum Gasteiger partial charge on any atom is -0.486 e. The fourth-order valence-electron chi connectivity index (χ4n) is 2.36. The molecule has 0 radical (unpaired) electrons. The first-order valence-corrected chi connectivity index (χ1v) is 8.68. The summed E-state index contributed by atoms with van der Waals surface area (Å²) >= 11 is 7.74. The Balaban J connectivity index is 1.73. The molecule has 0 fully saturated rings. The van der Waals surface area contributed by atoms with E-state index in [1.807, 2.05) is 44.2 Å². The summed E-state index contributed by atoms with van der Waals surface area (Å²) in [6, 6.07) is 9.52. The third-order valence-corrected chi connectivity index (χ3v) is 4.98. The van der Waals surface area contributed by atoms with Crippen LogP contribution in [0.2, 0.25) is 5.02 Å². The molecule has 0 saturated heterocycles. The van der Waals surface area contributed by atoms with Gasteiger partial charge < -0.3 is 10.1 Å². The topological polar surface area (TPSA) is 51.2 Å². The number of carbonyl (C=O) groups is 1. The van der Waals surface area contributed by atoms with Crippen LogP contribution in [-0.2, 0) is 11.4 Å². The molecule has 0 unspecified atom stereocenters. The number of hydrogen-bond donors (Lipinski definition) is 1. The summed E-state index contributed by atoms with van der Waals surface area (Å²) in [6.07, 6.45) is 0. The number of halogens is 1. The van der Waals surface area contributed by atoms with Crippen molar-refractivity contribution in [2.75, 3.05) is 5.32 Å². The highest BCUT2D eigenvalue weighted by atomic mass is 35.5. The van der Waals surface area contributed by atoms with Gasteiger partial charge in [-0.25, -0.2) is 4.98 Å². The van der Waals surface area contributed by atoms with Crippen molar-refractivity contribution in [3.05, 3.63) is 51.5 Å². The lowest BCUT2D eigenvalue weighted by atomic mass is 10.2. The highest BCUT2D eigenvalue weighted by molar-refractivity contribution is 7.18. The molecule has 124 valence electrons. The van der Waals surface area contributed by atoms with E-state index in [2.05, 4.69) is 10.3 Å². The van der Waals surface area contributed by atoms with E-state index in [1.54, 1.807) is 11.3 Å². The van der Waals surface area contributed by atoms with Crippen LogP contribution in [0.3, 0.4) is 0 Å². The maximum atomic E-state index is 11.1. The van der Waals surface area contributed by atoms with Gasteiger partial charge >= 0.3 is 0 Å². The molecule has 0 saturated carbocycles. The van der Waals surface area contributed by atoms with Crippen LogP contribution in [-0.4, -0.2) is 10.9 Å². The van der Waals surface area contributed by atoms with Crippen LogP contribution in [0.4, 0.5) is 5.69 Å². The number of nitrogens with zero attached hydrogens (tertiary/aromatic N) is 1. The summed E-state index contributed by atoms with van der Waals surface area (Å²) < 4.78 is 6.93. The SMILES string of the molecule is CC(=O)Nc1ccc(OCc2nc3cc(Cl)c(C)cc3s2)cc1C. The standard InChI is InChI=1S/C18H17ClN2O2S/c1-10-7-17-16(8-14(10)19)21-18(24-17)9-23-13-4-5-15(11(2)6-13)20-12(3)22/h4-8H,9H2,1-3H3,(H,20,22). The van der Waals surface area contributed by atoms with Gasteiger partial charge in [-0.05, 0) is 55.3 Å². The van der Waals surface area contributed by atoms with Gasteiger partial charge in [0.05, 0.1) is 10.2 Å². The molecule has 0 atom stereocenters. The second-order valence-corrected chi connectivity index (χ2v) is 7.15. The molecule has 0 aliphatic heterocycles. The highest BCUT2D eigenvalue weighted by Gasteiger charge is 2.08. The molecule has 1 aromatic heterocycles.